The van der Waals surface area contributed by atoms with Gasteiger partial charge in [0.2, 0.25) is 0 Å². The minimum absolute atomic E-state index is 0.0119. The van der Waals surface area contributed by atoms with Gasteiger partial charge in [0.25, 0.3) is 0 Å². The summed E-state index contributed by atoms with van der Waals surface area (Å²) in [6.07, 6.45) is 2.83. The van der Waals surface area contributed by atoms with Gasteiger partial charge in [-0.05, 0) is 62.9 Å². The van der Waals surface area contributed by atoms with Crippen molar-refractivity contribution in [3.05, 3.63) is 63.7 Å². The maximum absolute atomic E-state index is 15.1. The summed E-state index contributed by atoms with van der Waals surface area (Å²) in [6, 6.07) is 5.95. The molecular formula is C23H25ClFN3O3S. The number of aromatic nitrogens is 1. The largest absolute Gasteiger partial charge is 0.386 e. The Balaban J connectivity index is 1.76. The van der Waals surface area contributed by atoms with Crippen LogP contribution >= 0.6 is 11.6 Å². The van der Waals surface area contributed by atoms with E-state index in [0.29, 0.717) is 35.4 Å². The normalized spacial score (nSPS) is 28.8. The van der Waals surface area contributed by atoms with Gasteiger partial charge in [0, 0.05) is 18.2 Å². The Labute approximate surface area is 192 Å². The fourth-order valence-corrected chi connectivity index (χ4v) is 7.81. The number of sulfone groups is 1. The molecule has 3 atom stereocenters. The van der Waals surface area contributed by atoms with E-state index in [9.17, 15) is 13.2 Å². The summed E-state index contributed by atoms with van der Waals surface area (Å²) in [5.41, 5.74) is 6.39. The van der Waals surface area contributed by atoms with Gasteiger partial charge in [0.05, 0.1) is 10.3 Å². The molecule has 3 heterocycles. The molecule has 0 saturated carbocycles. The summed E-state index contributed by atoms with van der Waals surface area (Å²) in [5, 5.41) is -0.453. The standard InChI is InChI=1S/C23H25ClFN3O3S/c1-13-9-15(24)12-27-20(13)18(29)11-14-6-7-17(25)16(10-14)23(3)19-5-4-8-22(2,21(26)28-23)32(19,30)31/h6-7,9-10,12,19H,4-5,8,11H2,1-3H3,(H2,26,28)/t19-,22+,23-/m1/s1. The van der Waals surface area contributed by atoms with E-state index in [-0.39, 0.29) is 29.3 Å². The van der Waals surface area contributed by atoms with E-state index in [1.54, 1.807) is 26.8 Å². The Morgan fingerprint density at radius 1 is 1.31 bits per heavy atom. The number of fused-ring (bicyclic) bond motifs is 2. The molecule has 170 valence electrons. The molecule has 2 bridgehead atoms. The summed E-state index contributed by atoms with van der Waals surface area (Å²) < 4.78 is 40.6. The second-order valence-corrected chi connectivity index (χ2v) is 12.0. The van der Waals surface area contributed by atoms with Crippen LogP contribution in [0.3, 0.4) is 0 Å². The molecule has 1 aromatic carbocycles. The van der Waals surface area contributed by atoms with Crippen molar-refractivity contribution in [1.82, 2.24) is 4.98 Å². The van der Waals surface area contributed by atoms with Crippen molar-refractivity contribution in [1.29, 1.82) is 0 Å². The van der Waals surface area contributed by atoms with Crippen molar-refractivity contribution in [3.63, 3.8) is 0 Å². The second-order valence-electron chi connectivity index (χ2n) is 9.03. The lowest BCUT2D eigenvalue weighted by atomic mass is 9.82. The van der Waals surface area contributed by atoms with Crippen LogP contribution in [0.4, 0.5) is 4.39 Å². The number of carbonyl (C=O) groups is 1. The van der Waals surface area contributed by atoms with Crippen molar-refractivity contribution in [2.75, 3.05) is 0 Å². The molecule has 2 aliphatic heterocycles. The van der Waals surface area contributed by atoms with Crippen molar-refractivity contribution >= 4 is 33.1 Å². The first-order chi connectivity index (χ1) is 14.9. The highest BCUT2D eigenvalue weighted by Gasteiger charge is 2.60. The van der Waals surface area contributed by atoms with Crippen molar-refractivity contribution in [2.45, 2.75) is 62.0 Å². The molecule has 1 aromatic heterocycles. The van der Waals surface area contributed by atoms with Gasteiger partial charge in [-0.15, -0.1) is 0 Å². The number of amidine groups is 1. The second kappa shape index (κ2) is 7.63. The molecule has 1 saturated heterocycles. The fourth-order valence-electron chi connectivity index (χ4n) is 4.94. The zero-order valence-corrected chi connectivity index (χ0v) is 19.7. The van der Waals surface area contributed by atoms with Gasteiger partial charge in [-0.25, -0.2) is 12.8 Å². The van der Waals surface area contributed by atoms with E-state index >= 15 is 4.39 Å². The highest BCUT2D eigenvalue weighted by molar-refractivity contribution is 7.94. The van der Waals surface area contributed by atoms with Crippen molar-refractivity contribution < 1.29 is 17.6 Å². The zero-order chi connectivity index (χ0) is 23.5. The smallest absolute Gasteiger partial charge is 0.185 e. The Bertz CT molecular complexity index is 1260. The number of Topliss-reactive ketones (excluding diaryl/α,β-unsaturated/α-hetero) is 1. The topological polar surface area (TPSA) is 102 Å². The number of rotatable bonds is 4. The Morgan fingerprint density at radius 2 is 2.03 bits per heavy atom. The molecule has 0 radical (unpaired) electrons. The van der Waals surface area contributed by atoms with E-state index < -0.39 is 31.2 Å². The average molecular weight is 478 g/mol. The number of pyridine rings is 1. The van der Waals surface area contributed by atoms with Crippen LogP contribution in [0.15, 0.2) is 35.5 Å². The third kappa shape index (κ3) is 3.35. The first-order valence-corrected chi connectivity index (χ1v) is 12.4. The maximum Gasteiger partial charge on any atom is 0.185 e. The van der Waals surface area contributed by atoms with Crippen LogP contribution in [-0.2, 0) is 21.8 Å². The highest BCUT2D eigenvalue weighted by atomic mass is 35.5. The minimum Gasteiger partial charge on any atom is -0.386 e. The van der Waals surface area contributed by atoms with Crippen molar-refractivity contribution in [2.24, 2.45) is 10.7 Å². The van der Waals surface area contributed by atoms with E-state index in [1.165, 1.54) is 24.4 Å². The number of halogens is 2. The average Bonchev–Trinajstić information content (AvgIpc) is 2.70. The summed E-state index contributed by atoms with van der Waals surface area (Å²) in [5.74, 6) is -0.811. The Hall–Kier alpha value is -2.32. The van der Waals surface area contributed by atoms with Gasteiger partial charge in [-0.1, -0.05) is 24.1 Å². The number of hydrogen-bond donors (Lipinski definition) is 1. The molecule has 2 aliphatic rings. The molecule has 32 heavy (non-hydrogen) atoms. The minimum atomic E-state index is -3.69. The molecule has 0 unspecified atom stereocenters. The molecule has 2 aromatic rings. The number of nitrogens with two attached hydrogens (primary N) is 1. The molecule has 0 amide bonds. The number of benzene rings is 1. The molecule has 4 rings (SSSR count). The van der Waals surface area contributed by atoms with E-state index in [0.717, 1.165) is 0 Å². The molecule has 9 heteroatoms. The van der Waals surface area contributed by atoms with Gasteiger partial charge in [-0.3, -0.25) is 14.8 Å². The van der Waals surface area contributed by atoms with Crippen LogP contribution in [0.5, 0.6) is 0 Å². The lowest BCUT2D eigenvalue weighted by Gasteiger charge is -2.48. The lowest BCUT2D eigenvalue weighted by Crippen LogP contribution is -2.63. The SMILES string of the molecule is Cc1cc(Cl)cnc1C(=O)Cc1ccc(F)c([C@@]2(C)N=C(N)[C@]3(C)CCC[C@H]2S3(=O)=O)c1. The van der Waals surface area contributed by atoms with Gasteiger partial charge >= 0.3 is 0 Å². The number of nitrogens with zero attached hydrogens (tertiary/aromatic N) is 2. The third-order valence-corrected chi connectivity index (χ3v) is 10.2. The van der Waals surface area contributed by atoms with Crippen LogP contribution in [0.2, 0.25) is 5.02 Å². The number of ketones is 1. The number of aliphatic imine (C=N–C) groups is 1. The van der Waals surface area contributed by atoms with Gasteiger partial charge in [-0.2, -0.15) is 0 Å². The van der Waals surface area contributed by atoms with Crippen LogP contribution in [0.25, 0.3) is 0 Å². The van der Waals surface area contributed by atoms with Crippen LogP contribution in [-0.4, -0.2) is 35.0 Å². The number of aryl methyl sites for hydroxylation is 1. The number of hydrogen-bond acceptors (Lipinski definition) is 6. The fraction of sp³-hybridized carbons (Fsp3) is 0.435. The monoisotopic (exact) mass is 477 g/mol. The highest BCUT2D eigenvalue weighted by Crippen LogP contribution is 2.49. The van der Waals surface area contributed by atoms with Gasteiger partial charge < -0.3 is 5.73 Å². The third-order valence-electron chi connectivity index (χ3n) is 6.89. The summed E-state index contributed by atoms with van der Waals surface area (Å²) in [7, 11) is -3.69. The lowest BCUT2D eigenvalue weighted by molar-refractivity contribution is 0.0987. The molecule has 0 aliphatic carbocycles. The quantitative estimate of drug-likeness (QED) is 0.672. The summed E-state index contributed by atoms with van der Waals surface area (Å²) in [4.78, 5) is 21.5. The zero-order valence-electron chi connectivity index (χ0n) is 18.2. The summed E-state index contributed by atoms with van der Waals surface area (Å²) >= 11 is 5.92. The molecular weight excluding hydrogens is 453 g/mol. The Kier molecular flexibility index (Phi) is 5.45. The van der Waals surface area contributed by atoms with Crippen LogP contribution in [0, 0.1) is 12.7 Å². The van der Waals surface area contributed by atoms with Gasteiger partial charge in [0.15, 0.2) is 15.6 Å². The molecule has 1 fully saturated rings. The molecule has 6 nitrogen and oxygen atoms in total. The van der Waals surface area contributed by atoms with Crippen LogP contribution in [0.1, 0.15) is 60.3 Å². The van der Waals surface area contributed by atoms with E-state index in [2.05, 4.69) is 9.98 Å². The Morgan fingerprint density at radius 3 is 2.72 bits per heavy atom. The summed E-state index contributed by atoms with van der Waals surface area (Å²) in [6.45, 7) is 4.95. The van der Waals surface area contributed by atoms with E-state index in [4.69, 9.17) is 17.3 Å². The number of carbonyl (C=O) groups excluding carboxylic acids is 1. The van der Waals surface area contributed by atoms with E-state index in [1.807, 2.05) is 0 Å². The molecule has 2 N–H and O–H groups in total. The molecule has 0 spiro atoms. The van der Waals surface area contributed by atoms with Gasteiger partial charge in [0.1, 0.15) is 27.6 Å². The maximum atomic E-state index is 15.1. The first-order valence-electron chi connectivity index (χ1n) is 10.4. The predicted octanol–water partition coefficient (Wildman–Crippen LogP) is 3.92. The predicted molar refractivity (Wildman–Crippen MR) is 122 cm³/mol. The van der Waals surface area contributed by atoms with Crippen molar-refractivity contribution in [3.8, 4) is 0 Å². The van der Waals surface area contributed by atoms with Crippen LogP contribution < -0.4 is 5.73 Å². The first kappa shape index (κ1) is 22.9.